The summed E-state index contributed by atoms with van der Waals surface area (Å²) in [7, 11) is 0. The maximum absolute atomic E-state index is 12.3. The highest BCUT2D eigenvalue weighted by Crippen LogP contribution is 2.34. The molecule has 1 rings (SSSR count). The monoisotopic (exact) mass is 270 g/mol. The highest BCUT2D eigenvalue weighted by Gasteiger charge is 2.48. The molecule has 1 aliphatic rings. The van der Waals surface area contributed by atoms with Crippen LogP contribution in [0.15, 0.2) is 0 Å². The largest absolute Gasteiger partial charge is 0.479 e. The fourth-order valence-corrected chi connectivity index (χ4v) is 2.75. The summed E-state index contributed by atoms with van der Waals surface area (Å²) >= 11 is 0. The van der Waals surface area contributed by atoms with E-state index in [1.165, 1.54) is 0 Å². The van der Waals surface area contributed by atoms with Crippen LogP contribution in [0.5, 0.6) is 0 Å². The lowest BCUT2D eigenvalue weighted by atomic mass is 9.90. The Morgan fingerprint density at radius 3 is 2.63 bits per heavy atom. The van der Waals surface area contributed by atoms with Gasteiger partial charge in [-0.05, 0) is 32.6 Å². The summed E-state index contributed by atoms with van der Waals surface area (Å²) in [5, 5.41) is 12.7. The molecule has 2 atom stereocenters. The number of aliphatic carboxylic acids is 1. The van der Waals surface area contributed by atoms with Crippen LogP contribution in [-0.2, 0) is 9.59 Å². The van der Waals surface area contributed by atoms with E-state index in [9.17, 15) is 14.7 Å². The number of hydrogen-bond acceptors (Lipinski definition) is 3. The van der Waals surface area contributed by atoms with E-state index in [0.717, 1.165) is 19.3 Å². The van der Waals surface area contributed by atoms with Gasteiger partial charge in [-0.25, -0.2) is 4.79 Å². The predicted octanol–water partition coefficient (Wildman–Crippen LogP) is 1.62. The lowest BCUT2D eigenvalue weighted by Crippen LogP contribution is -2.55. The molecular formula is C14H26N2O3. The van der Waals surface area contributed by atoms with Crippen molar-refractivity contribution in [3.05, 3.63) is 0 Å². The van der Waals surface area contributed by atoms with Crippen molar-refractivity contribution in [3.8, 4) is 0 Å². The molecule has 2 unspecified atom stereocenters. The van der Waals surface area contributed by atoms with Gasteiger partial charge in [0.25, 0.3) is 0 Å². The van der Waals surface area contributed by atoms with Gasteiger partial charge in [0.05, 0.1) is 6.54 Å². The van der Waals surface area contributed by atoms with E-state index < -0.39 is 11.5 Å². The van der Waals surface area contributed by atoms with Crippen LogP contribution in [-0.4, -0.2) is 46.6 Å². The number of carbonyl (C=O) groups excluding carboxylic acids is 1. The van der Waals surface area contributed by atoms with E-state index in [0.29, 0.717) is 19.4 Å². The molecule has 1 heterocycles. The van der Waals surface area contributed by atoms with E-state index in [2.05, 4.69) is 12.2 Å². The molecule has 0 spiro atoms. The first-order valence-corrected chi connectivity index (χ1v) is 7.25. The molecule has 2 N–H and O–H groups in total. The quantitative estimate of drug-likeness (QED) is 0.737. The zero-order chi connectivity index (χ0) is 14.5. The van der Waals surface area contributed by atoms with Crippen molar-refractivity contribution in [2.45, 2.75) is 64.5 Å². The number of rotatable bonds is 7. The van der Waals surface area contributed by atoms with Crippen molar-refractivity contribution in [1.82, 2.24) is 10.2 Å². The number of carboxylic acids is 1. The highest BCUT2D eigenvalue weighted by molar-refractivity contribution is 5.88. The molecule has 0 aromatic heterocycles. The van der Waals surface area contributed by atoms with Crippen LogP contribution in [0.3, 0.4) is 0 Å². The standard InChI is InChI=1S/C14H26N2O3/c1-4-7-14(13(18)19)8-6-9-16(14)12(17)10-15-11(3)5-2/h11,15H,4-10H2,1-3H3,(H,18,19). The molecule has 0 bridgehead atoms. The summed E-state index contributed by atoms with van der Waals surface area (Å²) in [6.07, 6.45) is 3.62. The molecular weight excluding hydrogens is 244 g/mol. The number of amides is 1. The van der Waals surface area contributed by atoms with Crippen LogP contribution in [0.1, 0.15) is 52.9 Å². The average Bonchev–Trinajstić information content (AvgIpc) is 2.81. The van der Waals surface area contributed by atoms with Crippen LogP contribution < -0.4 is 5.32 Å². The second-order valence-corrected chi connectivity index (χ2v) is 5.43. The van der Waals surface area contributed by atoms with Crippen LogP contribution >= 0.6 is 0 Å². The molecule has 0 saturated carbocycles. The van der Waals surface area contributed by atoms with Crippen molar-refractivity contribution < 1.29 is 14.7 Å². The molecule has 19 heavy (non-hydrogen) atoms. The Labute approximate surface area is 115 Å². The summed E-state index contributed by atoms with van der Waals surface area (Å²) in [6, 6.07) is 0.275. The van der Waals surface area contributed by atoms with Gasteiger partial charge in [0.15, 0.2) is 0 Å². The topological polar surface area (TPSA) is 69.6 Å². The molecule has 1 saturated heterocycles. The number of carbonyl (C=O) groups is 2. The zero-order valence-corrected chi connectivity index (χ0v) is 12.2. The minimum atomic E-state index is -0.969. The third kappa shape index (κ3) is 3.47. The molecule has 0 aromatic carbocycles. The maximum atomic E-state index is 12.3. The first kappa shape index (κ1) is 16.0. The number of nitrogens with zero attached hydrogens (tertiary/aromatic N) is 1. The molecule has 5 nitrogen and oxygen atoms in total. The van der Waals surface area contributed by atoms with Crippen molar-refractivity contribution in [2.24, 2.45) is 0 Å². The second kappa shape index (κ2) is 6.89. The third-order valence-corrected chi connectivity index (χ3v) is 4.07. The van der Waals surface area contributed by atoms with E-state index >= 15 is 0 Å². The van der Waals surface area contributed by atoms with Gasteiger partial charge < -0.3 is 15.3 Å². The van der Waals surface area contributed by atoms with E-state index in [4.69, 9.17) is 0 Å². The van der Waals surface area contributed by atoms with Gasteiger partial charge in [0.1, 0.15) is 5.54 Å². The first-order chi connectivity index (χ1) is 8.97. The van der Waals surface area contributed by atoms with Crippen LogP contribution in [0.2, 0.25) is 0 Å². The highest BCUT2D eigenvalue weighted by atomic mass is 16.4. The van der Waals surface area contributed by atoms with Gasteiger partial charge in [0.2, 0.25) is 5.91 Å². The summed E-state index contributed by atoms with van der Waals surface area (Å²) in [5.74, 6) is -0.947. The van der Waals surface area contributed by atoms with Crippen molar-refractivity contribution >= 4 is 11.9 Å². The van der Waals surface area contributed by atoms with Crippen LogP contribution in [0.25, 0.3) is 0 Å². The van der Waals surface area contributed by atoms with Gasteiger partial charge in [-0.3, -0.25) is 4.79 Å². The Balaban J connectivity index is 2.73. The Bertz CT molecular complexity index is 333. The fraction of sp³-hybridized carbons (Fsp3) is 0.857. The zero-order valence-electron chi connectivity index (χ0n) is 12.2. The minimum absolute atomic E-state index is 0.0892. The normalized spacial score (nSPS) is 24.5. The smallest absolute Gasteiger partial charge is 0.329 e. The number of likely N-dealkylation sites (tertiary alicyclic amines) is 1. The van der Waals surface area contributed by atoms with Gasteiger partial charge >= 0.3 is 5.97 Å². The predicted molar refractivity (Wildman–Crippen MR) is 74.0 cm³/mol. The number of nitrogens with one attached hydrogen (secondary N) is 1. The lowest BCUT2D eigenvalue weighted by Gasteiger charge is -2.35. The Kier molecular flexibility index (Phi) is 5.79. The van der Waals surface area contributed by atoms with Crippen molar-refractivity contribution in [1.29, 1.82) is 0 Å². The Morgan fingerprint density at radius 2 is 2.11 bits per heavy atom. The Morgan fingerprint density at radius 1 is 1.42 bits per heavy atom. The summed E-state index contributed by atoms with van der Waals surface area (Å²) in [6.45, 7) is 6.83. The second-order valence-electron chi connectivity index (χ2n) is 5.43. The summed E-state index contributed by atoms with van der Waals surface area (Å²) < 4.78 is 0. The molecule has 1 aliphatic heterocycles. The van der Waals surface area contributed by atoms with Crippen molar-refractivity contribution in [3.63, 3.8) is 0 Å². The van der Waals surface area contributed by atoms with E-state index in [1.807, 2.05) is 13.8 Å². The lowest BCUT2D eigenvalue weighted by molar-refractivity contribution is -0.156. The SMILES string of the molecule is CCCC1(C(=O)O)CCCN1C(=O)CNC(C)CC. The molecule has 0 aromatic rings. The number of hydrogen-bond donors (Lipinski definition) is 2. The molecule has 1 fully saturated rings. The van der Waals surface area contributed by atoms with E-state index in [1.54, 1.807) is 4.90 Å². The first-order valence-electron chi connectivity index (χ1n) is 7.25. The van der Waals surface area contributed by atoms with E-state index in [-0.39, 0.29) is 18.5 Å². The van der Waals surface area contributed by atoms with Gasteiger partial charge in [0, 0.05) is 12.6 Å². The third-order valence-electron chi connectivity index (χ3n) is 4.07. The average molecular weight is 270 g/mol. The Hall–Kier alpha value is -1.10. The fourth-order valence-electron chi connectivity index (χ4n) is 2.75. The van der Waals surface area contributed by atoms with Crippen LogP contribution in [0.4, 0.5) is 0 Å². The van der Waals surface area contributed by atoms with Crippen LogP contribution in [0, 0.1) is 0 Å². The molecule has 0 aliphatic carbocycles. The molecule has 5 heteroatoms. The molecule has 0 radical (unpaired) electrons. The molecule has 110 valence electrons. The summed E-state index contributed by atoms with van der Waals surface area (Å²) in [4.78, 5) is 25.4. The number of carboxylic acid groups (broad SMARTS) is 1. The minimum Gasteiger partial charge on any atom is -0.479 e. The van der Waals surface area contributed by atoms with Gasteiger partial charge in [-0.2, -0.15) is 0 Å². The summed E-state index contributed by atoms with van der Waals surface area (Å²) in [5.41, 5.74) is -0.969. The van der Waals surface area contributed by atoms with Gasteiger partial charge in [-0.15, -0.1) is 0 Å². The van der Waals surface area contributed by atoms with Crippen molar-refractivity contribution in [2.75, 3.05) is 13.1 Å². The maximum Gasteiger partial charge on any atom is 0.329 e. The molecule has 1 amide bonds. The van der Waals surface area contributed by atoms with Gasteiger partial charge in [-0.1, -0.05) is 20.3 Å².